The number of benzene rings is 2. The lowest BCUT2D eigenvalue weighted by atomic mass is 9.94. The lowest BCUT2D eigenvalue weighted by Crippen LogP contribution is -2.47. The van der Waals surface area contributed by atoms with Crippen LogP contribution in [0.25, 0.3) is 0 Å². The zero-order valence-electron chi connectivity index (χ0n) is 20.5. The summed E-state index contributed by atoms with van der Waals surface area (Å²) in [4.78, 5) is 27.4. The molecule has 0 spiro atoms. The second-order valence-corrected chi connectivity index (χ2v) is 8.93. The van der Waals surface area contributed by atoms with Crippen molar-refractivity contribution in [3.05, 3.63) is 70.4 Å². The van der Waals surface area contributed by atoms with Gasteiger partial charge in [0.15, 0.2) is 5.11 Å². The average molecular weight is 481 g/mol. The van der Waals surface area contributed by atoms with Crippen LogP contribution in [0.3, 0.4) is 0 Å². The lowest BCUT2D eigenvalue weighted by Gasteiger charge is -2.37. The second kappa shape index (κ2) is 10.7. The van der Waals surface area contributed by atoms with Gasteiger partial charge in [-0.3, -0.25) is 0 Å². The minimum Gasteiger partial charge on any atom is -0.459 e. The summed E-state index contributed by atoms with van der Waals surface area (Å²) >= 11 is 5.54. The third kappa shape index (κ3) is 5.56. The second-order valence-electron chi connectivity index (χ2n) is 8.55. The van der Waals surface area contributed by atoms with E-state index in [0.29, 0.717) is 22.9 Å². The van der Waals surface area contributed by atoms with Crippen molar-refractivity contribution in [3.63, 3.8) is 0 Å². The van der Waals surface area contributed by atoms with Crippen LogP contribution >= 0.6 is 12.2 Å². The summed E-state index contributed by atoms with van der Waals surface area (Å²) in [5.41, 5.74) is 5.56. The van der Waals surface area contributed by atoms with Gasteiger partial charge in [-0.2, -0.15) is 0 Å². The summed E-state index contributed by atoms with van der Waals surface area (Å²) in [5, 5.41) is 9.60. The monoisotopic (exact) mass is 480 g/mol. The van der Waals surface area contributed by atoms with E-state index in [1.807, 2.05) is 76.8 Å². The predicted molar refractivity (Wildman–Crippen MR) is 140 cm³/mol. The molecule has 1 unspecified atom stereocenters. The Morgan fingerprint density at radius 2 is 1.68 bits per heavy atom. The summed E-state index contributed by atoms with van der Waals surface area (Å²) in [6.45, 7) is 12.1. The number of urea groups is 1. The van der Waals surface area contributed by atoms with Crippen LogP contribution in [0.4, 0.5) is 16.2 Å². The maximum Gasteiger partial charge on any atom is 0.338 e. The Kier molecular flexibility index (Phi) is 7.94. The molecule has 1 atom stereocenters. The van der Waals surface area contributed by atoms with E-state index in [2.05, 4.69) is 16.0 Å². The number of para-hydroxylation sites is 1. The van der Waals surface area contributed by atoms with E-state index in [4.69, 9.17) is 17.0 Å². The number of nitrogens with one attached hydrogen (secondary N) is 3. The fraction of sp³-hybridized carbons (Fsp3) is 0.346. The SMILES string of the molecule is CCN1C(=S)NC(c2ccc(NC(=O)Nc3c(C)cccc3C)cc2)C(C(=O)OC(C)C)=C1C. The molecule has 1 heterocycles. The first-order valence-electron chi connectivity index (χ1n) is 11.4. The number of aryl methyl sites for hydroxylation is 2. The fourth-order valence-electron chi connectivity index (χ4n) is 4.00. The molecule has 3 N–H and O–H groups in total. The number of allylic oxidation sites excluding steroid dienone is 1. The molecule has 0 aliphatic carbocycles. The van der Waals surface area contributed by atoms with E-state index in [-0.39, 0.29) is 18.1 Å². The Morgan fingerprint density at radius 3 is 2.24 bits per heavy atom. The third-order valence-electron chi connectivity index (χ3n) is 5.70. The van der Waals surface area contributed by atoms with Crippen molar-refractivity contribution in [3.8, 4) is 0 Å². The number of rotatable bonds is 6. The summed E-state index contributed by atoms with van der Waals surface area (Å²) in [5.74, 6) is -0.374. The van der Waals surface area contributed by atoms with Crippen LogP contribution in [0.2, 0.25) is 0 Å². The van der Waals surface area contributed by atoms with Gasteiger partial charge in [-0.05, 0) is 82.6 Å². The zero-order chi connectivity index (χ0) is 25.0. The van der Waals surface area contributed by atoms with Crippen molar-refractivity contribution in [2.45, 2.75) is 53.7 Å². The van der Waals surface area contributed by atoms with Crippen LogP contribution in [-0.4, -0.2) is 34.7 Å². The quantitative estimate of drug-likeness (QED) is 0.378. The van der Waals surface area contributed by atoms with Crippen molar-refractivity contribution in [2.75, 3.05) is 17.2 Å². The number of carbonyl (C=O) groups excluding carboxylic acids is 2. The summed E-state index contributed by atoms with van der Waals surface area (Å²) < 4.78 is 5.52. The van der Waals surface area contributed by atoms with Crippen molar-refractivity contribution in [2.24, 2.45) is 0 Å². The molecule has 3 rings (SSSR count). The molecule has 2 aromatic carbocycles. The van der Waals surface area contributed by atoms with Crippen molar-refractivity contribution >= 4 is 40.7 Å². The van der Waals surface area contributed by atoms with E-state index in [0.717, 1.165) is 28.1 Å². The molecule has 0 aromatic heterocycles. The zero-order valence-corrected chi connectivity index (χ0v) is 21.3. The topological polar surface area (TPSA) is 82.7 Å². The maximum absolute atomic E-state index is 13.0. The fourth-order valence-corrected chi connectivity index (χ4v) is 4.38. The first-order chi connectivity index (χ1) is 16.1. The molecule has 34 heavy (non-hydrogen) atoms. The van der Waals surface area contributed by atoms with Crippen molar-refractivity contribution in [1.82, 2.24) is 10.2 Å². The molecule has 0 fully saturated rings. The first-order valence-corrected chi connectivity index (χ1v) is 11.8. The van der Waals surface area contributed by atoms with Gasteiger partial charge in [-0.1, -0.05) is 30.3 Å². The number of amides is 2. The van der Waals surface area contributed by atoms with Crippen LogP contribution in [-0.2, 0) is 9.53 Å². The molecule has 1 aliphatic heterocycles. The smallest absolute Gasteiger partial charge is 0.338 e. The molecule has 7 nitrogen and oxygen atoms in total. The molecule has 180 valence electrons. The van der Waals surface area contributed by atoms with E-state index in [9.17, 15) is 9.59 Å². The number of hydrogen-bond acceptors (Lipinski definition) is 4. The van der Waals surface area contributed by atoms with Crippen LogP contribution < -0.4 is 16.0 Å². The molecule has 0 saturated carbocycles. The Morgan fingerprint density at radius 1 is 1.06 bits per heavy atom. The first kappa shape index (κ1) is 25.2. The Labute approximate surface area is 206 Å². The number of carbonyl (C=O) groups is 2. The van der Waals surface area contributed by atoms with Crippen LogP contribution in [0.1, 0.15) is 50.4 Å². The number of nitrogens with zero attached hydrogens (tertiary/aromatic N) is 1. The standard InChI is InChI=1S/C26H32N4O3S/c1-7-30-18(6)21(24(31)33-15(2)3)23(29-26(30)34)19-11-13-20(14-12-19)27-25(32)28-22-16(4)9-8-10-17(22)5/h8-15,23H,7H2,1-6H3,(H,29,34)(H2,27,28,32). The highest BCUT2D eigenvalue weighted by atomic mass is 32.1. The van der Waals surface area contributed by atoms with Crippen LogP contribution in [0, 0.1) is 13.8 Å². The lowest BCUT2D eigenvalue weighted by molar-refractivity contribution is -0.143. The number of esters is 1. The Hall–Kier alpha value is -3.39. The van der Waals surface area contributed by atoms with Gasteiger partial charge < -0.3 is 25.6 Å². The van der Waals surface area contributed by atoms with E-state index in [1.54, 1.807) is 12.1 Å². The summed E-state index contributed by atoms with van der Waals surface area (Å²) in [6, 6.07) is 12.4. The van der Waals surface area contributed by atoms with Crippen molar-refractivity contribution in [1.29, 1.82) is 0 Å². The highest BCUT2D eigenvalue weighted by Crippen LogP contribution is 2.32. The number of anilines is 2. The predicted octanol–water partition coefficient (Wildman–Crippen LogP) is 5.42. The average Bonchev–Trinajstić information content (AvgIpc) is 2.76. The van der Waals surface area contributed by atoms with Gasteiger partial charge in [0.05, 0.1) is 17.7 Å². The molecular weight excluding hydrogens is 448 g/mol. The molecule has 0 radical (unpaired) electrons. The molecule has 0 saturated heterocycles. The number of ether oxygens (including phenoxy) is 1. The molecule has 1 aliphatic rings. The van der Waals surface area contributed by atoms with E-state index < -0.39 is 6.04 Å². The van der Waals surface area contributed by atoms with Gasteiger partial charge in [0.2, 0.25) is 0 Å². The molecule has 2 amide bonds. The Balaban J connectivity index is 1.81. The molecular formula is C26H32N4O3S. The van der Waals surface area contributed by atoms with Crippen LogP contribution in [0.15, 0.2) is 53.7 Å². The van der Waals surface area contributed by atoms with Crippen molar-refractivity contribution < 1.29 is 14.3 Å². The summed E-state index contributed by atoms with van der Waals surface area (Å²) in [6.07, 6.45) is -0.237. The van der Waals surface area contributed by atoms with Gasteiger partial charge in [-0.15, -0.1) is 0 Å². The Bertz CT molecular complexity index is 1110. The molecule has 8 heteroatoms. The summed E-state index contributed by atoms with van der Waals surface area (Å²) in [7, 11) is 0. The van der Waals surface area contributed by atoms with Gasteiger partial charge in [0, 0.05) is 23.6 Å². The highest BCUT2D eigenvalue weighted by Gasteiger charge is 2.34. The van der Waals surface area contributed by atoms with Gasteiger partial charge in [0.1, 0.15) is 0 Å². The van der Waals surface area contributed by atoms with Crippen LogP contribution in [0.5, 0.6) is 0 Å². The van der Waals surface area contributed by atoms with E-state index in [1.165, 1.54) is 0 Å². The third-order valence-corrected chi connectivity index (χ3v) is 6.03. The highest BCUT2D eigenvalue weighted by molar-refractivity contribution is 7.80. The minimum absolute atomic E-state index is 0.237. The normalized spacial score (nSPS) is 15.8. The number of hydrogen-bond donors (Lipinski definition) is 3. The van der Waals surface area contributed by atoms with Gasteiger partial charge in [-0.25, -0.2) is 9.59 Å². The van der Waals surface area contributed by atoms with Gasteiger partial charge >= 0.3 is 12.0 Å². The molecule has 0 bridgehead atoms. The number of thiocarbonyl (C=S) groups is 1. The molecule has 2 aromatic rings. The minimum atomic E-state index is -0.445. The van der Waals surface area contributed by atoms with Gasteiger partial charge in [0.25, 0.3) is 0 Å². The maximum atomic E-state index is 13.0. The largest absolute Gasteiger partial charge is 0.459 e. The van der Waals surface area contributed by atoms with E-state index >= 15 is 0 Å².